The Labute approximate surface area is 95.7 Å². The van der Waals surface area contributed by atoms with Crippen molar-refractivity contribution in [3.63, 3.8) is 0 Å². The Morgan fingerprint density at radius 2 is 2.50 bits per heavy atom. The molecule has 1 aromatic heterocycles. The van der Waals surface area contributed by atoms with Crippen LogP contribution in [0.2, 0.25) is 0 Å². The Morgan fingerprint density at radius 1 is 1.62 bits per heavy atom. The van der Waals surface area contributed by atoms with Crippen LogP contribution in [0.1, 0.15) is 18.4 Å². The fourth-order valence-electron chi connectivity index (χ4n) is 1.94. The Bertz CT molecular complexity index is 353. The lowest BCUT2D eigenvalue weighted by Crippen LogP contribution is -2.46. The van der Waals surface area contributed by atoms with E-state index in [1.54, 1.807) is 11.1 Å². The highest BCUT2D eigenvalue weighted by Gasteiger charge is 2.21. The molecule has 0 bridgehead atoms. The van der Waals surface area contributed by atoms with Crippen LogP contribution in [-0.2, 0) is 11.3 Å². The molecule has 1 aliphatic heterocycles. The average Bonchev–Trinajstić information content (AvgIpc) is 2.32. The number of carbonyl (C=O) groups is 1. The molecule has 1 aliphatic rings. The molecular formula is C12H17N3O. The van der Waals surface area contributed by atoms with Gasteiger partial charge in [-0.3, -0.25) is 9.78 Å². The Kier molecular flexibility index (Phi) is 3.51. The summed E-state index contributed by atoms with van der Waals surface area (Å²) in [5.74, 6) is 0.249. The fourth-order valence-corrected chi connectivity index (χ4v) is 1.94. The highest BCUT2D eigenvalue weighted by atomic mass is 16.2. The first-order chi connectivity index (χ1) is 7.75. The topological polar surface area (TPSA) is 45.2 Å². The molecule has 1 atom stereocenters. The van der Waals surface area contributed by atoms with Gasteiger partial charge in [-0.2, -0.15) is 0 Å². The number of amides is 1. The number of piperidine rings is 1. The number of likely N-dealkylation sites (tertiary alicyclic amines) is 1. The molecule has 1 fully saturated rings. The third kappa shape index (κ3) is 2.79. The van der Waals surface area contributed by atoms with E-state index in [0.717, 1.165) is 19.5 Å². The zero-order valence-corrected chi connectivity index (χ0v) is 9.52. The van der Waals surface area contributed by atoms with E-state index in [4.69, 9.17) is 0 Å². The van der Waals surface area contributed by atoms with Crippen LogP contribution in [0, 0.1) is 0 Å². The van der Waals surface area contributed by atoms with Crippen molar-refractivity contribution in [3.8, 4) is 0 Å². The van der Waals surface area contributed by atoms with Crippen molar-refractivity contribution >= 4 is 5.91 Å². The number of hydrogen-bond acceptors (Lipinski definition) is 3. The van der Waals surface area contributed by atoms with Gasteiger partial charge in [0.05, 0.1) is 0 Å². The SMILES string of the molecule is CN1CC(NCc2cccnc2)CCC1=O. The van der Waals surface area contributed by atoms with Crippen LogP contribution in [0.4, 0.5) is 0 Å². The van der Waals surface area contributed by atoms with Gasteiger partial charge in [0.25, 0.3) is 0 Å². The maximum Gasteiger partial charge on any atom is 0.222 e. The minimum Gasteiger partial charge on any atom is -0.344 e. The fraction of sp³-hybridized carbons (Fsp3) is 0.500. The van der Waals surface area contributed by atoms with Gasteiger partial charge in [0.1, 0.15) is 0 Å². The molecule has 1 N–H and O–H groups in total. The first kappa shape index (κ1) is 11.1. The van der Waals surface area contributed by atoms with Gasteiger partial charge in [-0.25, -0.2) is 0 Å². The summed E-state index contributed by atoms with van der Waals surface area (Å²) in [6.45, 7) is 1.62. The standard InChI is InChI=1S/C12H17N3O/c1-15-9-11(4-5-12(15)16)14-8-10-3-2-6-13-7-10/h2-3,6-7,11,14H,4-5,8-9H2,1H3. The van der Waals surface area contributed by atoms with Gasteiger partial charge in [0.15, 0.2) is 0 Å². The van der Waals surface area contributed by atoms with Crippen molar-refractivity contribution in [1.82, 2.24) is 15.2 Å². The lowest BCUT2D eigenvalue weighted by atomic mass is 10.1. The summed E-state index contributed by atoms with van der Waals surface area (Å²) in [5.41, 5.74) is 1.18. The van der Waals surface area contributed by atoms with Crippen molar-refractivity contribution in [2.45, 2.75) is 25.4 Å². The van der Waals surface area contributed by atoms with E-state index in [1.807, 2.05) is 19.3 Å². The van der Waals surface area contributed by atoms with Crippen LogP contribution in [0.25, 0.3) is 0 Å². The smallest absolute Gasteiger partial charge is 0.222 e. The second kappa shape index (κ2) is 5.07. The molecular weight excluding hydrogens is 202 g/mol. The first-order valence-corrected chi connectivity index (χ1v) is 5.62. The summed E-state index contributed by atoms with van der Waals surface area (Å²) in [6.07, 6.45) is 5.23. The zero-order chi connectivity index (χ0) is 11.4. The highest BCUT2D eigenvalue weighted by Crippen LogP contribution is 2.10. The van der Waals surface area contributed by atoms with E-state index in [0.29, 0.717) is 12.5 Å². The maximum absolute atomic E-state index is 11.3. The van der Waals surface area contributed by atoms with Gasteiger partial charge in [-0.15, -0.1) is 0 Å². The van der Waals surface area contributed by atoms with Crippen LogP contribution in [0.3, 0.4) is 0 Å². The molecule has 0 aliphatic carbocycles. The zero-order valence-electron chi connectivity index (χ0n) is 9.52. The molecule has 0 radical (unpaired) electrons. The predicted molar refractivity (Wildman–Crippen MR) is 61.7 cm³/mol. The molecule has 0 aromatic carbocycles. The van der Waals surface area contributed by atoms with E-state index < -0.39 is 0 Å². The van der Waals surface area contributed by atoms with Gasteiger partial charge >= 0.3 is 0 Å². The van der Waals surface area contributed by atoms with Crippen molar-refractivity contribution < 1.29 is 4.79 Å². The van der Waals surface area contributed by atoms with Crippen molar-refractivity contribution in [1.29, 1.82) is 0 Å². The lowest BCUT2D eigenvalue weighted by molar-refractivity contribution is -0.132. The van der Waals surface area contributed by atoms with Gasteiger partial charge in [0, 0.05) is 45.0 Å². The van der Waals surface area contributed by atoms with Crippen LogP contribution < -0.4 is 5.32 Å². The van der Waals surface area contributed by atoms with E-state index in [9.17, 15) is 4.79 Å². The molecule has 1 amide bonds. The molecule has 0 spiro atoms. The monoisotopic (exact) mass is 219 g/mol. The summed E-state index contributed by atoms with van der Waals surface area (Å²) in [5, 5.41) is 3.45. The second-order valence-electron chi connectivity index (χ2n) is 4.25. The number of pyridine rings is 1. The van der Waals surface area contributed by atoms with E-state index in [-0.39, 0.29) is 5.91 Å². The number of likely N-dealkylation sites (N-methyl/N-ethyl adjacent to an activating group) is 1. The third-order valence-corrected chi connectivity index (χ3v) is 2.94. The van der Waals surface area contributed by atoms with Crippen LogP contribution >= 0.6 is 0 Å². The molecule has 16 heavy (non-hydrogen) atoms. The molecule has 2 heterocycles. The average molecular weight is 219 g/mol. The van der Waals surface area contributed by atoms with Crippen LogP contribution in [-0.4, -0.2) is 35.4 Å². The lowest BCUT2D eigenvalue weighted by Gasteiger charge is -2.30. The van der Waals surface area contributed by atoms with Crippen molar-refractivity contribution in [2.75, 3.05) is 13.6 Å². The van der Waals surface area contributed by atoms with Crippen LogP contribution in [0.15, 0.2) is 24.5 Å². The number of hydrogen-bond donors (Lipinski definition) is 1. The number of nitrogens with one attached hydrogen (secondary N) is 1. The number of nitrogens with zero attached hydrogens (tertiary/aromatic N) is 2. The number of rotatable bonds is 3. The summed E-state index contributed by atoms with van der Waals surface area (Å²) in [7, 11) is 1.86. The molecule has 0 saturated carbocycles. The van der Waals surface area contributed by atoms with E-state index in [2.05, 4.69) is 16.4 Å². The maximum atomic E-state index is 11.3. The quantitative estimate of drug-likeness (QED) is 0.817. The second-order valence-corrected chi connectivity index (χ2v) is 4.25. The number of aromatic nitrogens is 1. The van der Waals surface area contributed by atoms with Gasteiger partial charge in [-0.05, 0) is 18.1 Å². The molecule has 2 rings (SSSR count). The largest absolute Gasteiger partial charge is 0.344 e. The Morgan fingerprint density at radius 3 is 3.19 bits per heavy atom. The minimum atomic E-state index is 0.249. The van der Waals surface area contributed by atoms with Gasteiger partial charge in [-0.1, -0.05) is 6.07 Å². The summed E-state index contributed by atoms with van der Waals surface area (Å²) in [4.78, 5) is 17.2. The normalized spacial score (nSPS) is 21.2. The molecule has 1 saturated heterocycles. The Balaban J connectivity index is 1.81. The molecule has 1 unspecified atom stereocenters. The van der Waals surface area contributed by atoms with Gasteiger partial charge < -0.3 is 10.2 Å². The Hall–Kier alpha value is -1.42. The van der Waals surface area contributed by atoms with Crippen molar-refractivity contribution in [2.24, 2.45) is 0 Å². The molecule has 1 aromatic rings. The van der Waals surface area contributed by atoms with Crippen molar-refractivity contribution in [3.05, 3.63) is 30.1 Å². The van der Waals surface area contributed by atoms with E-state index in [1.165, 1.54) is 5.56 Å². The summed E-state index contributed by atoms with van der Waals surface area (Å²) in [6, 6.07) is 4.40. The first-order valence-electron chi connectivity index (χ1n) is 5.62. The number of carbonyl (C=O) groups excluding carboxylic acids is 1. The molecule has 4 nitrogen and oxygen atoms in total. The van der Waals surface area contributed by atoms with Crippen LogP contribution in [0.5, 0.6) is 0 Å². The van der Waals surface area contributed by atoms with Gasteiger partial charge in [0.2, 0.25) is 5.91 Å². The minimum absolute atomic E-state index is 0.249. The summed E-state index contributed by atoms with van der Waals surface area (Å²) < 4.78 is 0. The summed E-state index contributed by atoms with van der Waals surface area (Å²) >= 11 is 0. The highest BCUT2D eigenvalue weighted by molar-refractivity contribution is 5.76. The predicted octanol–water partition coefficient (Wildman–Crippen LogP) is 0.792. The van der Waals surface area contributed by atoms with E-state index >= 15 is 0 Å². The molecule has 4 heteroatoms. The molecule has 86 valence electrons. The third-order valence-electron chi connectivity index (χ3n) is 2.94.